The number of nitrogens with two attached hydrogens (primary N) is 1. The van der Waals surface area contributed by atoms with Gasteiger partial charge in [0.05, 0.1) is 0 Å². The first-order valence-electron chi connectivity index (χ1n) is 6.83. The zero-order valence-corrected chi connectivity index (χ0v) is 11.8. The first-order valence-corrected chi connectivity index (χ1v) is 6.83. The Labute approximate surface area is 106 Å². The van der Waals surface area contributed by atoms with Gasteiger partial charge >= 0.3 is 0 Å². The van der Waals surface area contributed by atoms with Crippen LogP contribution in [0.2, 0.25) is 0 Å². The molecule has 0 radical (unpaired) electrons. The van der Waals surface area contributed by atoms with Gasteiger partial charge in [-0.1, -0.05) is 20.8 Å². The Balaban J connectivity index is 4.32. The Morgan fingerprint density at radius 1 is 1.35 bits per heavy atom. The molecular formula is C13H29N3O. The molecule has 0 spiro atoms. The van der Waals surface area contributed by atoms with E-state index in [-0.39, 0.29) is 11.9 Å². The molecule has 0 rings (SSSR count). The molecule has 0 aromatic rings. The average molecular weight is 243 g/mol. The van der Waals surface area contributed by atoms with Crippen LogP contribution in [0, 0.1) is 0 Å². The second-order valence-electron chi connectivity index (χ2n) is 4.53. The van der Waals surface area contributed by atoms with Crippen molar-refractivity contribution in [3.63, 3.8) is 0 Å². The van der Waals surface area contributed by atoms with Gasteiger partial charge in [-0.25, -0.2) is 0 Å². The van der Waals surface area contributed by atoms with Crippen LogP contribution in [-0.2, 0) is 4.79 Å². The van der Waals surface area contributed by atoms with Crippen LogP contribution in [0.5, 0.6) is 0 Å². The lowest BCUT2D eigenvalue weighted by Crippen LogP contribution is -2.47. The maximum atomic E-state index is 11.7. The van der Waals surface area contributed by atoms with Gasteiger partial charge in [0.15, 0.2) is 0 Å². The van der Waals surface area contributed by atoms with Crippen molar-refractivity contribution in [3.05, 3.63) is 0 Å². The molecule has 3 N–H and O–H groups in total. The molecule has 0 aromatic carbocycles. The Bertz CT molecular complexity index is 209. The Hall–Kier alpha value is -0.610. The number of hydrogen-bond acceptors (Lipinski definition) is 3. The van der Waals surface area contributed by atoms with E-state index in [2.05, 4.69) is 37.9 Å². The fraction of sp³-hybridized carbons (Fsp3) is 0.923. The lowest BCUT2D eigenvalue weighted by molar-refractivity contribution is -0.122. The van der Waals surface area contributed by atoms with Crippen LogP contribution < -0.4 is 11.1 Å². The fourth-order valence-corrected chi connectivity index (χ4v) is 2.05. The highest BCUT2D eigenvalue weighted by molar-refractivity contribution is 5.76. The number of carbonyl (C=O) groups excluding carboxylic acids is 1. The topological polar surface area (TPSA) is 58.4 Å². The highest BCUT2D eigenvalue weighted by Crippen LogP contribution is 2.10. The third kappa shape index (κ3) is 6.03. The van der Waals surface area contributed by atoms with Gasteiger partial charge in [-0.05, 0) is 26.3 Å². The van der Waals surface area contributed by atoms with Crippen LogP contribution in [0.4, 0.5) is 0 Å². The van der Waals surface area contributed by atoms with Gasteiger partial charge in [-0.2, -0.15) is 0 Å². The molecular weight excluding hydrogens is 214 g/mol. The summed E-state index contributed by atoms with van der Waals surface area (Å²) in [6.45, 7) is 10.8. The van der Waals surface area contributed by atoms with Crippen molar-refractivity contribution < 1.29 is 4.79 Å². The van der Waals surface area contributed by atoms with E-state index in [1.54, 1.807) is 0 Å². The van der Waals surface area contributed by atoms with E-state index in [1.807, 2.05) is 0 Å². The molecule has 0 heterocycles. The van der Waals surface area contributed by atoms with Crippen molar-refractivity contribution in [3.8, 4) is 0 Å². The summed E-state index contributed by atoms with van der Waals surface area (Å²) >= 11 is 0. The highest BCUT2D eigenvalue weighted by atomic mass is 16.1. The van der Waals surface area contributed by atoms with Gasteiger partial charge in [-0.3, -0.25) is 9.69 Å². The predicted octanol–water partition coefficient (Wildman–Crippen LogP) is 1.35. The summed E-state index contributed by atoms with van der Waals surface area (Å²) in [4.78, 5) is 14.0. The SMILES string of the molecule is CCCNC(=O)CC(CN)N(CC)C(C)CC. The number of likely N-dealkylation sites (N-methyl/N-ethyl adjacent to an activating group) is 1. The zero-order chi connectivity index (χ0) is 13.3. The van der Waals surface area contributed by atoms with Crippen molar-refractivity contribution in [2.24, 2.45) is 5.73 Å². The Kier molecular flexibility index (Phi) is 9.09. The maximum absolute atomic E-state index is 11.7. The lowest BCUT2D eigenvalue weighted by atomic mass is 10.1. The Morgan fingerprint density at radius 3 is 2.41 bits per heavy atom. The van der Waals surface area contributed by atoms with E-state index < -0.39 is 0 Å². The fourth-order valence-electron chi connectivity index (χ4n) is 2.05. The van der Waals surface area contributed by atoms with E-state index in [9.17, 15) is 4.79 Å². The molecule has 0 saturated heterocycles. The summed E-state index contributed by atoms with van der Waals surface area (Å²) in [6, 6.07) is 0.638. The van der Waals surface area contributed by atoms with Crippen molar-refractivity contribution in [2.45, 2.75) is 59.0 Å². The standard InChI is InChI=1S/C13H29N3O/c1-5-8-15-13(17)9-12(10-14)16(7-3)11(4)6-2/h11-12H,5-10,14H2,1-4H3,(H,15,17). The van der Waals surface area contributed by atoms with E-state index in [4.69, 9.17) is 5.73 Å². The van der Waals surface area contributed by atoms with Crippen molar-refractivity contribution in [1.82, 2.24) is 10.2 Å². The van der Waals surface area contributed by atoms with Crippen LogP contribution in [0.1, 0.15) is 47.0 Å². The van der Waals surface area contributed by atoms with Gasteiger partial charge in [0, 0.05) is 31.6 Å². The van der Waals surface area contributed by atoms with Crippen molar-refractivity contribution in [1.29, 1.82) is 0 Å². The second kappa shape index (κ2) is 9.42. The van der Waals surface area contributed by atoms with Crippen molar-refractivity contribution >= 4 is 5.91 Å². The maximum Gasteiger partial charge on any atom is 0.221 e. The molecule has 0 saturated carbocycles. The molecule has 17 heavy (non-hydrogen) atoms. The van der Waals surface area contributed by atoms with Gasteiger partial charge < -0.3 is 11.1 Å². The first-order chi connectivity index (χ1) is 8.10. The molecule has 0 aliphatic carbocycles. The van der Waals surface area contributed by atoms with Gasteiger partial charge in [0.1, 0.15) is 0 Å². The molecule has 0 fully saturated rings. The minimum absolute atomic E-state index is 0.115. The summed E-state index contributed by atoms with van der Waals surface area (Å²) in [5.41, 5.74) is 5.80. The largest absolute Gasteiger partial charge is 0.356 e. The minimum atomic E-state index is 0.115. The van der Waals surface area contributed by atoms with E-state index >= 15 is 0 Å². The smallest absolute Gasteiger partial charge is 0.221 e. The van der Waals surface area contributed by atoms with Crippen molar-refractivity contribution in [2.75, 3.05) is 19.6 Å². The average Bonchev–Trinajstić information content (AvgIpc) is 2.35. The summed E-state index contributed by atoms with van der Waals surface area (Å²) in [5.74, 6) is 0.115. The van der Waals surface area contributed by atoms with Gasteiger partial charge in [0.2, 0.25) is 5.91 Å². The summed E-state index contributed by atoms with van der Waals surface area (Å²) in [7, 11) is 0. The molecule has 102 valence electrons. The first kappa shape index (κ1) is 16.4. The third-order valence-corrected chi connectivity index (χ3v) is 3.26. The molecule has 1 amide bonds. The zero-order valence-electron chi connectivity index (χ0n) is 11.8. The van der Waals surface area contributed by atoms with Crippen LogP contribution in [-0.4, -0.2) is 42.5 Å². The van der Waals surface area contributed by atoms with Crippen LogP contribution in [0.3, 0.4) is 0 Å². The summed E-state index contributed by atoms with van der Waals surface area (Å²) in [6.07, 6.45) is 2.57. The number of amides is 1. The normalized spacial score (nSPS) is 14.7. The van der Waals surface area contributed by atoms with Crippen LogP contribution in [0.15, 0.2) is 0 Å². The van der Waals surface area contributed by atoms with E-state index in [1.165, 1.54) is 0 Å². The monoisotopic (exact) mass is 243 g/mol. The minimum Gasteiger partial charge on any atom is -0.356 e. The van der Waals surface area contributed by atoms with Gasteiger partial charge in [-0.15, -0.1) is 0 Å². The molecule has 4 nitrogen and oxygen atoms in total. The quantitative estimate of drug-likeness (QED) is 0.643. The highest BCUT2D eigenvalue weighted by Gasteiger charge is 2.22. The van der Waals surface area contributed by atoms with Crippen LogP contribution in [0.25, 0.3) is 0 Å². The number of rotatable bonds is 9. The van der Waals surface area contributed by atoms with Gasteiger partial charge in [0.25, 0.3) is 0 Å². The Morgan fingerprint density at radius 2 is 2.00 bits per heavy atom. The molecule has 2 unspecified atom stereocenters. The predicted molar refractivity (Wildman–Crippen MR) is 72.9 cm³/mol. The molecule has 0 bridgehead atoms. The third-order valence-electron chi connectivity index (χ3n) is 3.26. The number of hydrogen-bond donors (Lipinski definition) is 2. The lowest BCUT2D eigenvalue weighted by Gasteiger charge is -2.34. The number of nitrogens with one attached hydrogen (secondary N) is 1. The molecule has 4 heteroatoms. The number of carbonyl (C=O) groups is 1. The van der Waals surface area contributed by atoms with E-state index in [0.29, 0.717) is 19.0 Å². The van der Waals surface area contributed by atoms with Crippen LogP contribution >= 0.6 is 0 Å². The molecule has 0 aliphatic heterocycles. The molecule has 2 atom stereocenters. The summed E-state index contributed by atoms with van der Waals surface area (Å²) < 4.78 is 0. The number of nitrogens with zero attached hydrogens (tertiary/aromatic N) is 1. The molecule has 0 aromatic heterocycles. The second-order valence-corrected chi connectivity index (χ2v) is 4.53. The molecule has 0 aliphatic rings. The van der Waals surface area contributed by atoms with E-state index in [0.717, 1.165) is 25.9 Å². The summed E-state index contributed by atoms with van der Waals surface area (Å²) in [5, 5.41) is 2.91.